The van der Waals surface area contributed by atoms with Crippen molar-refractivity contribution in [2.24, 2.45) is 0 Å². The van der Waals surface area contributed by atoms with Gasteiger partial charge in [0, 0.05) is 42.8 Å². The Bertz CT molecular complexity index is 1410. The van der Waals surface area contributed by atoms with E-state index in [1.807, 2.05) is 41.1 Å². The van der Waals surface area contributed by atoms with Crippen molar-refractivity contribution in [1.82, 2.24) is 19.7 Å². The number of anilines is 2. The van der Waals surface area contributed by atoms with Gasteiger partial charge in [0.15, 0.2) is 17.3 Å². The molecule has 2 aromatic carbocycles. The van der Waals surface area contributed by atoms with Crippen molar-refractivity contribution in [2.75, 3.05) is 30.4 Å². The summed E-state index contributed by atoms with van der Waals surface area (Å²) in [7, 11) is 1.58. The van der Waals surface area contributed by atoms with Crippen LogP contribution in [0.2, 0.25) is 5.02 Å². The molecule has 1 aliphatic rings. The van der Waals surface area contributed by atoms with Crippen LogP contribution in [0.25, 0.3) is 15.6 Å². The molecular formula is C26H26ClN7O2. The number of imidazole rings is 1. The second-order valence-corrected chi connectivity index (χ2v) is 9.39. The summed E-state index contributed by atoms with van der Waals surface area (Å²) in [5.74, 6) is 1.97. The number of halogens is 1. The smallest absolute Gasteiger partial charge is 0.188 e. The summed E-state index contributed by atoms with van der Waals surface area (Å²) in [6, 6.07) is 11.2. The predicted octanol–water partition coefficient (Wildman–Crippen LogP) is 4.68. The minimum Gasteiger partial charge on any atom is -0.495 e. The van der Waals surface area contributed by atoms with Crippen LogP contribution in [-0.4, -0.2) is 50.7 Å². The maximum Gasteiger partial charge on any atom is 0.188 e. The highest BCUT2D eigenvalue weighted by atomic mass is 35.5. The van der Waals surface area contributed by atoms with Gasteiger partial charge in [-0.25, -0.2) is 9.83 Å². The monoisotopic (exact) mass is 503 g/mol. The van der Waals surface area contributed by atoms with Gasteiger partial charge in [-0.2, -0.15) is 0 Å². The normalized spacial score (nSPS) is 15.0. The highest BCUT2D eigenvalue weighted by molar-refractivity contribution is 6.32. The van der Waals surface area contributed by atoms with E-state index in [9.17, 15) is 5.11 Å². The van der Waals surface area contributed by atoms with Crippen molar-refractivity contribution in [3.05, 3.63) is 77.1 Å². The van der Waals surface area contributed by atoms with Crippen molar-refractivity contribution in [3.63, 3.8) is 0 Å². The first kappa shape index (κ1) is 23.9. The van der Waals surface area contributed by atoms with Crippen LogP contribution >= 0.6 is 11.6 Å². The molecule has 10 heteroatoms. The number of hydrogen-bond donors (Lipinski definition) is 2. The van der Waals surface area contributed by atoms with E-state index < -0.39 is 5.60 Å². The Morgan fingerprint density at radius 3 is 2.69 bits per heavy atom. The SMILES string of the molecule is [C-]#[N+]c1ccc2c(N3CCC(O)(Cn4ccnc4)CC3)nnc(NCc3ccc(OC)c(Cl)c3)c2c1. The maximum atomic E-state index is 11.1. The lowest BCUT2D eigenvalue weighted by atomic mass is 9.91. The fourth-order valence-electron chi connectivity index (χ4n) is 4.58. The quantitative estimate of drug-likeness (QED) is 0.354. The largest absolute Gasteiger partial charge is 0.495 e. The number of hydrogen-bond acceptors (Lipinski definition) is 7. The third-order valence-electron chi connectivity index (χ3n) is 6.58. The van der Waals surface area contributed by atoms with E-state index in [0.717, 1.165) is 22.2 Å². The second-order valence-electron chi connectivity index (χ2n) is 8.98. The van der Waals surface area contributed by atoms with Gasteiger partial charge in [0.05, 0.1) is 37.2 Å². The minimum atomic E-state index is -0.793. The number of aliphatic hydroxyl groups is 1. The molecule has 0 unspecified atom stereocenters. The third-order valence-corrected chi connectivity index (χ3v) is 6.87. The first-order chi connectivity index (χ1) is 17.5. The van der Waals surface area contributed by atoms with Crippen molar-refractivity contribution < 1.29 is 9.84 Å². The summed E-state index contributed by atoms with van der Waals surface area (Å²) in [5, 5.41) is 25.8. The molecule has 2 aromatic heterocycles. The molecule has 0 radical (unpaired) electrons. The highest BCUT2D eigenvalue weighted by Gasteiger charge is 2.33. The second kappa shape index (κ2) is 10.0. The molecule has 1 aliphatic heterocycles. The third kappa shape index (κ3) is 4.91. The van der Waals surface area contributed by atoms with Gasteiger partial charge in [0.25, 0.3) is 0 Å². The van der Waals surface area contributed by atoms with E-state index in [0.29, 0.717) is 61.3 Å². The zero-order valence-corrected chi connectivity index (χ0v) is 20.6. The number of rotatable bonds is 7. The van der Waals surface area contributed by atoms with E-state index in [1.54, 1.807) is 25.7 Å². The summed E-state index contributed by atoms with van der Waals surface area (Å²) in [5.41, 5.74) is 0.707. The molecule has 0 saturated carbocycles. The van der Waals surface area contributed by atoms with Crippen LogP contribution in [0.4, 0.5) is 17.3 Å². The van der Waals surface area contributed by atoms with Crippen molar-refractivity contribution >= 4 is 39.7 Å². The first-order valence-corrected chi connectivity index (χ1v) is 12.0. The number of ether oxygens (including phenoxy) is 1. The summed E-state index contributed by atoms with van der Waals surface area (Å²) in [6.45, 7) is 9.76. The van der Waals surface area contributed by atoms with Gasteiger partial charge in [-0.15, -0.1) is 10.2 Å². The fraction of sp³-hybridized carbons (Fsp3) is 0.308. The van der Waals surface area contributed by atoms with Crippen molar-refractivity contribution in [3.8, 4) is 5.75 Å². The average Bonchev–Trinajstić information content (AvgIpc) is 3.40. The Balaban J connectivity index is 1.38. The molecule has 5 rings (SSSR count). The lowest BCUT2D eigenvalue weighted by Gasteiger charge is -2.39. The number of benzene rings is 2. The number of piperidine rings is 1. The lowest BCUT2D eigenvalue weighted by Crippen LogP contribution is -2.47. The summed E-state index contributed by atoms with van der Waals surface area (Å²) in [4.78, 5) is 9.82. The Hall–Kier alpha value is -3.87. The summed E-state index contributed by atoms with van der Waals surface area (Å²) < 4.78 is 7.14. The maximum absolute atomic E-state index is 11.1. The van der Waals surface area contributed by atoms with Gasteiger partial charge < -0.3 is 24.6 Å². The van der Waals surface area contributed by atoms with Crippen LogP contribution in [0.1, 0.15) is 18.4 Å². The molecule has 0 aliphatic carbocycles. The van der Waals surface area contributed by atoms with Crippen LogP contribution in [0.3, 0.4) is 0 Å². The Morgan fingerprint density at radius 2 is 2.00 bits per heavy atom. The van der Waals surface area contributed by atoms with Gasteiger partial charge in [0.1, 0.15) is 5.75 Å². The van der Waals surface area contributed by atoms with E-state index in [4.69, 9.17) is 22.9 Å². The molecule has 0 amide bonds. The number of aromatic nitrogens is 4. The number of fused-ring (bicyclic) bond motifs is 1. The highest BCUT2D eigenvalue weighted by Crippen LogP contribution is 2.35. The van der Waals surface area contributed by atoms with E-state index in [1.165, 1.54) is 0 Å². The molecule has 3 heterocycles. The van der Waals surface area contributed by atoms with E-state index in [2.05, 4.69) is 30.2 Å². The molecule has 36 heavy (non-hydrogen) atoms. The molecule has 0 spiro atoms. The minimum absolute atomic E-state index is 0.486. The molecular weight excluding hydrogens is 478 g/mol. The van der Waals surface area contributed by atoms with Crippen molar-refractivity contribution in [2.45, 2.75) is 31.5 Å². The lowest BCUT2D eigenvalue weighted by molar-refractivity contribution is -0.000162. The standard InChI is InChI=1S/C26H26ClN7O2/c1-28-19-4-5-20-21(14-19)24(30-15-18-3-6-23(36-2)22(27)13-18)31-32-25(20)34-10-7-26(35,8-11-34)16-33-12-9-29-17-33/h3-6,9,12-14,17,35H,7-8,10-11,15-16H2,2H3,(H,30,31). The zero-order valence-electron chi connectivity index (χ0n) is 19.9. The average molecular weight is 504 g/mol. The zero-order chi connectivity index (χ0) is 25.1. The van der Waals surface area contributed by atoms with Gasteiger partial charge >= 0.3 is 0 Å². The number of nitrogens with one attached hydrogen (secondary N) is 1. The topological polar surface area (TPSA) is 92.7 Å². The molecule has 184 valence electrons. The predicted molar refractivity (Wildman–Crippen MR) is 140 cm³/mol. The Labute approximate surface area is 214 Å². The van der Waals surface area contributed by atoms with Gasteiger partial charge in [-0.3, -0.25) is 0 Å². The van der Waals surface area contributed by atoms with Crippen LogP contribution < -0.4 is 15.0 Å². The summed E-state index contributed by atoms with van der Waals surface area (Å²) in [6.07, 6.45) is 6.52. The molecule has 0 atom stereocenters. The van der Waals surface area contributed by atoms with Crippen LogP contribution in [0.5, 0.6) is 5.75 Å². The van der Waals surface area contributed by atoms with Crippen molar-refractivity contribution in [1.29, 1.82) is 0 Å². The first-order valence-electron chi connectivity index (χ1n) is 11.7. The van der Waals surface area contributed by atoms with Gasteiger partial charge in [0.2, 0.25) is 0 Å². The van der Waals surface area contributed by atoms with Gasteiger partial charge in [-0.1, -0.05) is 29.8 Å². The molecule has 4 aromatic rings. The molecule has 2 N–H and O–H groups in total. The molecule has 1 fully saturated rings. The number of nitrogens with zero attached hydrogens (tertiary/aromatic N) is 6. The fourth-order valence-corrected chi connectivity index (χ4v) is 4.86. The molecule has 0 bridgehead atoms. The van der Waals surface area contributed by atoms with Gasteiger partial charge in [-0.05, 0) is 36.6 Å². The molecule has 9 nitrogen and oxygen atoms in total. The molecule has 1 saturated heterocycles. The van der Waals surface area contributed by atoms with E-state index in [-0.39, 0.29) is 0 Å². The van der Waals surface area contributed by atoms with Crippen LogP contribution in [0.15, 0.2) is 55.1 Å². The van der Waals surface area contributed by atoms with E-state index >= 15 is 0 Å². The Kier molecular flexibility index (Phi) is 6.63. The number of methoxy groups -OCH3 is 1. The van der Waals surface area contributed by atoms with Crippen LogP contribution in [0, 0.1) is 6.57 Å². The Morgan fingerprint density at radius 1 is 1.17 bits per heavy atom. The summed E-state index contributed by atoms with van der Waals surface area (Å²) >= 11 is 6.27. The van der Waals surface area contributed by atoms with Crippen LogP contribution in [-0.2, 0) is 13.1 Å².